The first-order valence-electron chi connectivity index (χ1n) is 6.28. The molecule has 2 rings (SSSR count). The van der Waals surface area contributed by atoms with Crippen LogP contribution < -0.4 is 11.1 Å². The summed E-state index contributed by atoms with van der Waals surface area (Å²) < 4.78 is 0.853. The normalized spacial score (nSPS) is 18.3. The second kappa shape index (κ2) is 5.80. The topological polar surface area (TPSA) is 68.0 Å². The summed E-state index contributed by atoms with van der Waals surface area (Å²) in [6.45, 7) is 0.417. The average molecular weight is 312 g/mol. The minimum absolute atomic E-state index is 0.0320. The highest BCUT2D eigenvalue weighted by molar-refractivity contribution is 9.10. The molecule has 0 aliphatic heterocycles. The molecular weight excluding hydrogens is 294 g/mol. The first-order chi connectivity index (χ1) is 8.66. The standard InChI is InChI=1S/C13H18BrN3O/c14-10-6-11(8-16-7-10)17-12(18)13(9-15)4-2-1-3-5-13/h6-8H,1-5,9,15H2,(H,17,18). The van der Waals surface area contributed by atoms with Crippen LogP contribution in [-0.2, 0) is 4.79 Å². The Kier molecular flexibility index (Phi) is 4.35. The molecule has 0 unspecified atom stereocenters. The van der Waals surface area contributed by atoms with Gasteiger partial charge in [-0.25, -0.2) is 0 Å². The maximum absolute atomic E-state index is 12.4. The van der Waals surface area contributed by atoms with Crippen LogP contribution in [0.15, 0.2) is 22.9 Å². The lowest BCUT2D eigenvalue weighted by Crippen LogP contribution is -2.43. The molecule has 1 saturated carbocycles. The third-order valence-electron chi connectivity index (χ3n) is 3.65. The first-order valence-corrected chi connectivity index (χ1v) is 7.08. The average Bonchev–Trinajstić information content (AvgIpc) is 2.39. The summed E-state index contributed by atoms with van der Waals surface area (Å²) in [6, 6.07) is 1.85. The van der Waals surface area contributed by atoms with Crippen LogP contribution in [0.4, 0.5) is 5.69 Å². The number of carbonyl (C=O) groups is 1. The molecule has 0 atom stereocenters. The fourth-order valence-corrected chi connectivity index (χ4v) is 2.86. The summed E-state index contributed by atoms with van der Waals surface area (Å²) in [5.74, 6) is 0.0320. The van der Waals surface area contributed by atoms with Crippen LogP contribution in [-0.4, -0.2) is 17.4 Å². The lowest BCUT2D eigenvalue weighted by Gasteiger charge is -2.34. The fraction of sp³-hybridized carbons (Fsp3) is 0.538. The molecule has 0 aromatic carbocycles. The lowest BCUT2D eigenvalue weighted by molar-refractivity contribution is -0.126. The molecule has 0 bridgehead atoms. The molecule has 0 radical (unpaired) electrons. The molecule has 1 heterocycles. The van der Waals surface area contributed by atoms with E-state index in [2.05, 4.69) is 26.2 Å². The van der Waals surface area contributed by atoms with E-state index in [0.29, 0.717) is 12.2 Å². The van der Waals surface area contributed by atoms with E-state index in [1.54, 1.807) is 12.4 Å². The third-order valence-corrected chi connectivity index (χ3v) is 4.08. The highest BCUT2D eigenvalue weighted by Crippen LogP contribution is 2.36. The Bertz CT molecular complexity index is 430. The number of nitrogens with zero attached hydrogens (tertiary/aromatic N) is 1. The number of aromatic nitrogens is 1. The molecule has 5 heteroatoms. The number of halogens is 1. The van der Waals surface area contributed by atoms with E-state index in [1.807, 2.05) is 6.07 Å². The van der Waals surface area contributed by atoms with Crippen LogP contribution in [0.3, 0.4) is 0 Å². The van der Waals surface area contributed by atoms with Gasteiger partial charge in [0.25, 0.3) is 0 Å². The van der Waals surface area contributed by atoms with Crippen molar-refractivity contribution in [2.45, 2.75) is 32.1 Å². The Morgan fingerprint density at radius 3 is 2.72 bits per heavy atom. The van der Waals surface area contributed by atoms with Gasteiger partial charge in [0.15, 0.2) is 0 Å². The summed E-state index contributed by atoms with van der Waals surface area (Å²) in [6.07, 6.45) is 8.48. The Labute approximate surface area is 115 Å². The maximum Gasteiger partial charge on any atom is 0.231 e. The van der Waals surface area contributed by atoms with E-state index in [4.69, 9.17) is 5.73 Å². The Balaban J connectivity index is 2.10. The van der Waals surface area contributed by atoms with Gasteiger partial charge in [-0.1, -0.05) is 19.3 Å². The van der Waals surface area contributed by atoms with Crippen molar-refractivity contribution in [3.63, 3.8) is 0 Å². The van der Waals surface area contributed by atoms with E-state index >= 15 is 0 Å². The van der Waals surface area contributed by atoms with Gasteiger partial charge < -0.3 is 11.1 Å². The zero-order chi connectivity index (χ0) is 13.0. The molecule has 4 nitrogen and oxygen atoms in total. The van der Waals surface area contributed by atoms with Crippen molar-refractivity contribution in [2.75, 3.05) is 11.9 Å². The van der Waals surface area contributed by atoms with Gasteiger partial charge in [0, 0.05) is 17.2 Å². The maximum atomic E-state index is 12.4. The number of anilines is 1. The zero-order valence-electron chi connectivity index (χ0n) is 10.3. The number of amides is 1. The van der Waals surface area contributed by atoms with Crippen molar-refractivity contribution < 1.29 is 4.79 Å². The monoisotopic (exact) mass is 311 g/mol. The van der Waals surface area contributed by atoms with Gasteiger partial charge in [-0.3, -0.25) is 9.78 Å². The molecule has 3 N–H and O–H groups in total. The number of carbonyl (C=O) groups excluding carboxylic acids is 1. The van der Waals surface area contributed by atoms with Crippen molar-refractivity contribution >= 4 is 27.5 Å². The summed E-state index contributed by atoms with van der Waals surface area (Å²) in [7, 11) is 0. The van der Waals surface area contributed by atoms with Gasteiger partial charge in [-0.2, -0.15) is 0 Å². The fourth-order valence-electron chi connectivity index (χ4n) is 2.50. The number of rotatable bonds is 3. The van der Waals surface area contributed by atoms with Gasteiger partial charge in [0.2, 0.25) is 5.91 Å². The van der Waals surface area contributed by atoms with E-state index < -0.39 is 0 Å². The molecule has 98 valence electrons. The van der Waals surface area contributed by atoms with Crippen LogP contribution in [0.25, 0.3) is 0 Å². The summed E-state index contributed by atoms with van der Waals surface area (Å²) in [5.41, 5.74) is 6.16. The smallest absolute Gasteiger partial charge is 0.231 e. The van der Waals surface area contributed by atoms with Crippen LogP contribution in [0.2, 0.25) is 0 Å². The van der Waals surface area contributed by atoms with Crippen molar-refractivity contribution in [2.24, 2.45) is 11.1 Å². The molecule has 1 aromatic rings. The van der Waals surface area contributed by atoms with Gasteiger partial charge in [0.05, 0.1) is 17.3 Å². The summed E-state index contributed by atoms with van der Waals surface area (Å²) in [4.78, 5) is 16.4. The number of nitrogens with one attached hydrogen (secondary N) is 1. The molecule has 0 spiro atoms. The van der Waals surface area contributed by atoms with Crippen molar-refractivity contribution in [1.29, 1.82) is 0 Å². The Morgan fingerprint density at radius 1 is 1.39 bits per heavy atom. The molecule has 18 heavy (non-hydrogen) atoms. The highest BCUT2D eigenvalue weighted by atomic mass is 79.9. The van der Waals surface area contributed by atoms with Crippen LogP contribution in [0.5, 0.6) is 0 Å². The Hall–Kier alpha value is -0.940. The molecule has 1 aliphatic carbocycles. The van der Waals surface area contributed by atoms with Crippen LogP contribution in [0, 0.1) is 5.41 Å². The van der Waals surface area contributed by atoms with Gasteiger partial charge in [-0.05, 0) is 34.8 Å². The minimum atomic E-state index is -0.388. The van der Waals surface area contributed by atoms with Crippen molar-refractivity contribution in [3.05, 3.63) is 22.9 Å². The number of hydrogen-bond donors (Lipinski definition) is 2. The summed E-state index contributed by atoms with van der Waals surface area (Å²) in [5, 5.41) is 2.93. The highest BCUT2D eigenvalue weighted by Gasteiger charge is 2.38. The van der Waals surface area contributed by atoms with Crippen molar-refractivity contribution in [1.82, 2.24) is 4.98 Å². The van der Waals surface area contributed by atoms with Gasteiger partial charge in [0.1, 0.15) is 0 Å². The quantitative estimate of drug-likeness (QED) is 0.901. The molecule has 1 fully saturated rings. The number of hydrogen-bond acceptors (Lipinski definition) is 3. The zero-order valence-corrected chi connectivity index (χ0v) is 11.9. The van der Waals surface area contributed by atoms with E-state index in [0.717, 1.165) is 30.2 Å². The number of pyridine rings is 1. The first kappa shape index (κ1) is 13.5. The third kappa shape index (κ3) is 2.90. The summed E-state index contributed by atoms with van der Waals surface area (Å²) >= 11 is 3.34. The number of nitrogens with two attached hydrogens (primary N) is 1. The second-order valence-electron chi connectivity index (χ2n) is 4.89. The largest absolute Gasteiger partial charge is 0.329 e. The van der Waals surface area contributed by atoms with Crippen molar-refractivity contribution in [3.8, 4) is 0 Å². The molecule has 0 saturated heterocycles. The molecule has 1 aliphatic rings. The molecule has 1 amide bonds. The molecule has 1 aromatic heterocycles. The van der Waals surface area contributed by atoms with E-state index in [-0.39, 0.29) is 11.3 Å². The van der Waals surface area contributed by atoms with E-state index in [1.165, 1.54) is 6.42 Å². The SMILES string of the molecule is NCC1(C(=O)Nc2cncc(Br)c2)CCCCC1. The predicted octanol–water partition coefficient (Wildman–Crippen LogP) is 2.69. The minimum Gasteiger partial charge on any atom is -0.329 e. The molecular formula is C13H18BrN3O. The van der Waals surface area contributed by atoms with E-state index in [9.17, 15) is 4.79 Å². The lowest BCUT2D eigenvalue weighted by atomic mass is 9.73. The van der Waals surface area contributed by atoms with Gasteiger partial charge in [-0.15, -0.1) is 0 Å². The second-order valence-corrected chi connectivity index (χ2v) is 5.81. The van der Waals surface area contributed by atoms with Gasteiger partial charge >= 0.3 is 0 Å². The van der Waals surface area contributed by atoms with Crippen LogP contribution in [0.1, 0.15) is 32.1 Å². The van der Waals surface area contributed by atoms with Crippen LogP contribution >= 0.6 is 15.9 Å². The Morgan fingerprint density at radius 2 is 2.11 bits per heavy atom. The predicted molar refractivity (Wildman–Crippen MR) is 75.1 cm³/mol.